The average molecular weight is 310 g/mol. The third kappa shape index (κ3) is 5.85. The second-order valence-corrected chi connectivity index (χ2v) is 4.55. The number of nitrogens with zero attached hydrogens (tertiary/aromatic N) is 1. The molecular weight excluding hydrogens is 292 g/mol. The van der Waals surface area contributed by atoms with E-state index in [0.717, 1.165) is 0 Å². The van der Waals surface area contributed by atoms with Gasteiger partial charge in [-0.25, -0.2) is 0 Å². The highest BCUT2D eigenvalue weighted by Gasteiger charge is 2.20. The normalized spacial score (nSPS) is 11.7. The average Bonchev–Trinajstić information content (AvgIpc) is 2.46. The summed E-state index contributed by atoms with van der Waals surface area (Å²) in [4.78, 5) is 33.0. The molecule has 0 heterocycles. The summed E-state index contributed by atoms with van der Waals surface area (Å²) in [5, 5.41) is 24.8. The van der Waals surface area contributed by atoms with Crippen LogP contribution in [0.4, 0.5) is 11.4 Å². The Morgan fingerprint density at radius 1 is 1.41 bits per heavy atom. The van der Waals surface area contributed by atoms with Crippen LogP contribution in [0.3, 0.4) is 0 Å². The quantitative estimate of drug-likeness (QED) is 0.291. The van der Waals surface area contributed by atoms with Crippen molar-refractivity contribution in [3.8, 4) is 0 Å². The summed E-state index contributed by atoms with van der Waals surface area (Å²) in [6, 6.07) is 4.38. The lowest BCUT2D eigenvalue weighted by atomic mass is 10.2. The minimum Gasteiger partial charge on any atom is -0.480 e. The smallest absolute Gasteiger partial charge is 0.321 e. The minimum absolute atomic E-state index is 0.159. The number of aliphatic carboxylic acids is 1. The van der Waals surface area contributed by atoms with Gasteiger partial charge >= 0.3 is 5.97 Å². The summed E-state index contributed by atoms with van der Waals surface area (Å²) in [6.45, 7) is 0.802. The molecule has 0 aliphatic heterocycles. The van der Waals surface area contributed by atoms with Crippen LogP contribution in [0.15, 0.2) is 24.3 Å². The second-order valence-electron chi connectivity index (χ2n) is 4.55. The zero-order chi connectivity index (χ0) is 16.5. The van der Waals surface area contributed by atoms with Gasteiger partial charge in [-0.1, -0.05) is 6.07 Å². The fraction of sp³-hybridized carbons (Fsp3) is 0.385. The summed E-state index contributed by atoms with van der Waals surface area (Å²) in [7, 11) is 0. The predicted molar refractivity (Wildman–Crippen MR) is 79.4 cm³/mol. The van der Waals surface area contributed by atoms with Gasteiger partial charge in [-0.15, -0.1) is 0 Å². The van der Waals surface area contributed by atoms with Gasteiger partial charge in [0.05, 0.1) is 11.3 Å². The van der Waals surface area contributed by atoms with Crippen LogP contribution in [0, 0.1) is 10.1 Å². The number of nitrogens with two attached hydrogens (primary N) is 1. The Labute approximate surface area is 126 Å². The van der Waals surface area contributed by atoms with Crippen molar-refractivity contribution < 1.29 is 19.6 Å². The highest BCUT2D eigenvalue weighted by atomic mass is 16.6. The number of hydrogen-bond donors (Lipinski definition) is 4. The van der Waals surface area contributed by atoms with Crippen molar-refractivity contribution in [1.29, 1.82) is 0 Å². The Kier molecular flexibility index (Phi) is 6.93. The summed E-state index contributed by atoms with van der Waals surface area (Å²) >= 11 is 0. The van der Waals surface area contributed by atoms with Crippen LogP contribution in [0.2, 0.25) is 0 Å². The van der Waals surface area contributed by atoms with Gasteiger partial charge in [-0.05, 0) is 25.6 Å². The number of rotatable bonds is 9. The molecular formula is C13H18N4O5. The molecule has 1 amide bonds. The van der Waals surface area contributed by atoms with Gasteiger partial charge < -0.3 is 21.5 Å². The van der Waals surface area contributed by atoms with Crippen molar-refractivity contribution in [2.24, 2.45) is 5.73 Å². The van der Waals surface area contributed by atoms with Crippen LogP contribution in [-0.4, -0.2) is 41.0 Å². The first kappa shape index (κ1) is 17.5. The van der Waals surface area contributed by atoms with Gasteiger partial charge in [0, 0.05) is 17.8 Å². The van der Waals surface area contributed by atoms with E-state index in [0.29, 0.717) is 19.5 Å². The van der Waals surface area contributed by atoms with Crippen LogP contribution in [0.1, 0.15) is 12.8 Å². The molecule has 0 aliphatic rings. The van der Waals surface area contributed by atoms with Crippen molar-refractivity contribution in [2.75, 3.05) is 18.4 Å². The van der Waals surface area contributed by atoms with Crippen LogP contribution in [-0.2, 0) is 9.59 Å². The fourth-order valence-corrected chi connectivity index (χ4v) is 1.72. The number of carboxylic acid groups (broad SMARTS) is 1. The Hall–Kier alpha value is -2.52. The molecule has 1 aromatic rings. The molecule has 120 valence electrons. The Bertz CT molecular complexity index is 549. The molecule has 5 N–H and O–H groups in total. The molecule has 0 saturated heterocycles. The Balaban J connectivity index is 2.61. The second kappa shape index (κ2) is 8.70. The van der Waals surface area contributed by atoms with Crippen LogP contribution in [0.25, 0.3) is 0 Å². The number of anilines is 1. The maximum Gasteiger partial charge on any atom is 0.321 e. The van der Waals surface area contributed by atoms with E-state index in [9.17, 15) is 19.7 Å². The van der Waals surface area contributed by atoms with Gasteiger partial charge in [0.2, 0.25) is 5.91 Å². The van der Waals surface area contributed by atoms with Crippen molar-refractivity contribution in [3.63, 3.8) is 0 Å². The molecule has 1 rings (SSSR count). The molecule has 0 aromatic heterocycles. The zero-order valence-corrected chi connectivity index (χ0v) is 11.8. The fourth-order valence-electron chi connectivity index (χ4n) is 1.72. The summed E-state index contributed by atoms with van der Waals surface area (Å²) in [5.41, 5.74) is 5.39. The standard InChI is InChI=1S/C13H18N4O5/c14-5-2-6-15-11(13(19)20)8-12(18)16-9-3-1-4-10(7-9)17(21)22/h1,3-4,7,11,15H,2,5-6,8,14H2,(H,16,18)(H,19,20)/t11-/m1/s1. The van der Waals surface area contributed by atoms with E-state index in [1.54, 1.807) is 0 Å². The number of carbonyl (C=O) groups is 2. The van der Waals surface area contributed by atoms with Crippen molar-refractivity contribution >= 4 is 23.3 Å². The molecule has 0 bridgehead atoms. The number of carbonyl (C=O) groups excluding carboxylic acids is 1. The number of nitro groups is 1. The van der Waals surface area contributed by atoms with Crippen LogP contribution in [0.5, 0.6) is 0 Å². The molecule has 1 aromatic carbocycles. The number of hydrogen-bond acceptors (Lipinski definition) is 6. The highest BCUT2D eigenvalue weighted by molar-refractivity contribution is 5.94. The first-order valence-corrected chi connectivity index (χ1v) is 6.64. The lowest BCUT2D eigenvalue weighted by Gasteiger charge is -2.14. The van der Waals surface area contributed by atoms with Crippen LogP contribution < -0.4 is 16.4 Å². The number of carboxylic acids is 1. The topological polar surface area (TPSA) is 148 Å². The maximum absolute atomic E-state index is 11.8. The van der Waals surface area contributed by atoms with E-state index in [1.807, 2.05) is 0 Å². The zero-order valence-electron chi connectivity index (χ0n) is 11.8. The molecule has 0 unspecified atom stereocenters. The third-order valence-corrected chi connectivity index (χ3v) is 2.80. The maximum atomic E-state index is 11.8. The van der Waals surface area contributed by atoms with Gasteiger partial charge in [-0.2, -0.15) is 0 Å². The highest BCUT2D eigenvalue weighted by Crippen LogP contribution is 2.17. The first-order chi connectivity index (χ1) is 10.4. The molecule has 0 radical (unpaired) electrons. The van der Waals surface area contributed by atoms with Crippen LogP contribution >= 0.6 is 0 Å². The van der Waals surface area contributed by atoms with E-state index < -0.39 is 22.8 Å². The number of non-ortho nitro benzene ring substituents is 1. The van der Waals surface area contributed by atoms with E-state index in [-0.39, 0.29) is 17.8 Å². The van der Waals surface area contributed by atoms with E-state index >= 15 is 0 Å². The largest absolute Gasteiger partial charge is 0.480 e. The van der Waals surface area contributed by atoms with E-state index in [2.05, 4.69) is 10.6 Å². The van der Waals surface area contributed by atoms with E-state index in [1.165, 1.54) is 24.3 Å². The first-order valence-electron chi connectivity index (χ1n) is 6.64. The minimum atomic E-state index is -1.15. The molecule has 1 atom stereocenters. The van der Waals surface area contributed by atoms with Crippen molar-refractivity contribution in [2.45, 2.75) is 18.9 Å². The molecule has 0 fully saturated rings. The van der Waals surface area contributed by atoms with E-state index in [4.69, 9.17) is 10.8 Å². The van der Waals surface area contributed by atoms with Gasteiger partial charge in [-0.3, -0.25) is 19.7 Å². The Morgan fingerprint density at radius 3 is 2.73 bits per heavy atom. The Morgan fingerprint density at radius 2 is 2.14 bits per heavy atom. The monoisotopic (exact) mass is 310 g/mol. The molecule has 0 saturated carbocycles. The van der Waals surface area contributed by atoms with Gasteiger partial charge in [0.25, 0.3) is 5.69 Å². The van der Waals surface area contributed by atoms with Gasteiger partial charge in [0.1, 0.15) is 6.04 Å². The van der Waals surface area contributed by atoms with Gasteiger partial charge in [0.15, 0.2) is 0 Å². The molecule has 22 heavy (non-hydrogen) atoms. The summed E-state index contributed by atoms with van der Waals surface area (Å²) in [6.07, 6.45) is 0.304. The SMILES string of the molecule is NCCCN[C@H](CC(=O)Nc1cccc([N+](=O)[O-])c1)C(=O)O. The number of benzene rings is 1. The summed E-state index contributed by atoms with van der Waals surface area (Å²) < 4.78 is 0. The molecule has 0 aliphatic carbocycles. The molecule has 9 nitrogen and oxygen atoms in total. The lowest BCUT2D eigenvalue weighted by molar-refractivity contribution is -0.384. The molecule has 0 spiro atoms. The van der Waals surface area contributed by atoms with Crippen molar-refractivity contribution in [3.05, 3.63) is 34.4 Å². The number of nitro benzene ring substituents is 1. The van der Waals surface area contributed by atoms with Crippen molar-refractivity contribution in [1.82, 2.24) is 5.32 Å². The predicted octanol–water partition coefficient (Wildman–Crippen LogP) is 0.315. The molecule has 9 heteroatoms. The number of amides is 1. The summed E-state index contributed by atoms with van der Waals surface area (Å²) in [5.74, 6) is -1.70. The number of nitrogens with one attached hydrogen (secondary N) is 2. The third-order valence-electron chi connectivity index (χ3n) is 2.80. The lowest BCUT2D eigenvalue weighted by Crippen LogP contribution is -2.40.